The van der Waals surface area contributed by atoms with E-state index < -0.39 is 6.09 Å². The fourth-order valence-electron chi connectivity index (χ4n) is 1.91. The lowest BCUT2D eigenvalue weighted by Gasteiger charge is -2.12. The van der Waals surface area contributed by atoms with E-state index in [4.69, 9.17) is 14.6 Å². The van der Waals surface area contributed by atoms with E-state index in [2.05, 4.69) is 5.32 Å². The number of hydrogen-bond acceptors (Lipinski definition) is 3. The molecule has 23 heavy (non-hydrogen) atoms. The highest BCUT2D eigenvalue weighted by Gasteiger charge is 2.05. The summed E-state index contributed by atoms with van der Waals surface area (Å²) in [7, 11) is 0. The minimum absolute atomic E-state index is 0.178. The highest BCUT2D eigenvalue weighted by Crippen LogP contribution is 2.24. The largest absolute Gasteiger partial charge is 0.494 e. The first-order valence-electron chi connectivity index (χ1n) is 7.18. The van der Waals surface area contributed by atoms with Gasteiger partial charge < -0.3 is 19.9 Å². The molecule has 0 radical (unpaired) electrons. The first kappa shape index (κ1) is 16.6. The molecule has 0 spiro atoms. The number of ether oxygens (including phenoxy) is 2. The minimum atomic E-state index is -1.05. The summed E-state index contributed by atoms with van der Waals surface area (Å²) in [5, 5.41) is 10.9. The second-order valence-corrected chi connectivity index (χ2v) is 5.02. The second-order valence-electron chi connectivity index (χ2n) is 5.02. The summed E-state index contributed by atoms with van der Waals surface area (Å²) in [4.78, 5) is 10.5. The zero-order chi connectivity index (χ0) is 16.7. The summed E-state index contributed by atoms with van der Waals surface area (Å²) < 4.78 is 24.1. The molecule has 6 heteroatoms. The van der Waals surface area contributed by atoms with Crippen LogP contribution in [0.15, 0.2) is 48.5 Å². The van der Waals surface area contributed by atoms with Gasteiger partial charge in [0.2, 0.25) is 0 Å². The Morgan fingerprint density at radius 3 is 2.52 bits per heavy atom. The molecule has 122 valence electrons. The first-order chi connectivity index (χ1) is 11.0. The molecule has 0 aliphatic carbocycles. The van der Waals surface area contributed by atoms with Crippen molar-refractivity contribution in [3.05, 3.63) is 54.3 Å². The summed E-state index contributed by atoms with van der Waals surface area (Å²) in [6.45, 7) is 2.17. The number of amides is 1. The first-order valence-corrected chi connectivity index (χ1v) is 7.18. The number of nitrogens with one attached hydrogen (secondary N) is 1. The molecule has 2 N–H and O–H groups in total. The Morgan fingerprint density at radius 2 is 1.87 bits per heavy atom. The van der Waals surface area contributed by atoms with Crippen molar-refractivity contribution in [1.29, 1.82) is 0 Å². The summed E-state index contributed by atoms with van der Waals surface area (Å²) in [6.07, 6.45) is -0.482. The van der Waals surface area contributed by atoms with E-state index in [-0.39, 0.29) is 11.9 Å². The smallest absolute Gasteiger partial charge is 0.404 e. The van der Waals surface area contributed by atoms with Crippen LogP contribution in [0.5, 0.6) is 17.2 Å². The predicted octanol–water partition coefficient (Wildman–Crippen LogP) is 4.04. The van der Waals surface area contributed by atoms with E-state index in [1.54, 1.807) is 43.3 Å². The Kier molecular flexibility index (Phi) is 5.80. The molecule has 1 atom stereocenters. The van der Waals surface area contributed by atoms with Crippen molar-refractivity contribution in [3.8, 4) is 17.2 Å². The zero-order valence-electron chi connectivity index (χ0n) is 12.7. The Morgan fingerprint density at radius 1 is 1.17 bits per heavy atom. The van der Waals surface area contributed by atoms with Crippen molar-refractivity contribution in [3.63, 3.8) is 0 Å². The van der Waals surface area contributed by atoms with E-state index in [0.29, 0.717) is 30.3 Å². The van der Waals surface area contributed by atoms with Crippen molar-refractivity contribution in [2.45, 2.75) is 19.4 Å². The molecule has 1 unspecified atom stereocenters. The normalized spacial score (nSPS) is 11.6. The van der Waals surface area contributed by atoms with Crippen LogP contribution in [0.3, 0.4) is 0 Å². The van der Waals surface area contributed by atoms with Crippen LogP contribution in [-0.4, -0.2) is 23.8 Å². The Hall–Kier alpha value is -2.76. The van der Waals surface area contributed by atoms with Gasteiger partial charge in [-0.2, -0.15) is 0 Å². The SMILES string of the molecule is CC(CCOc1ccc(Oc2cccc(F)c2)cc1)NC(=O)O. The van der Waals surface area contributed by atoms with Crippen LogP contribution < -0.4 is 14.8 Å². The molecule has 2 aromatic rings. The lowest BCUT2D eigenvalue weighted by atomic mass is 10.2. The van der Waals surface area contributed by atoms with Crippen LogP contribution >= 0.6 is 0 Å². The van der Waals surface area contributed by atoms with E-state index in [0.717, 1.165) is 0 Å². The molecule has 0 aliphatic rings. The molecular formula is C17H18FNO4. The van der Waals surface area contributed by atoms with Gasteiger partial charge in [0.15, 0.2) is 0 Å². The average molecular weight is 319 g/mol. The van der Waals surface area contributed by atoms with E-state index in [1.165, 1.54) is 12.1 Å². The van der Waals surface area contributed by atoms with Crippen LogP contribution in [0.25, 0.3) is 0 Å². The second kappa shape index (κ2) is 8.03. The third kappa shape index (κ3) is 5.86. The molecule has 0 fully saturated rings. The maximum absolute atomic E-state index is 13.1. The number of carbonyl (C=O) groups is 1. The lowest BCUT2D eigenvalue weighted by molar-refractivity contribution is 0.188. The number of carboxylic acid groups (broad SMARTS) is 1. The Bertz CT molecular complexity index is 645. The van der Waals surface area contributed by atoms with E-state index in [1.807, 2.05) is 0 Å². The highest BCUT2D eigenvalue weighted by molar-refractivity contribution is 5.64. The van der Waals surface area contributed by atoms with E-state index in [9.17, 15) is 9.18 Å². The van der Waals surface area contributed by atoms with Gasteiger partial charge in [-0.1, -0.05) is 6.07 Å². The van der Waals surface area contributed by atoms with Crippen molar-refractivity contribution in [2.75, 3.05) is 6.61 Å². The van der Waals surface area contributed by atoms with Crippen molar-refractivity contribution in [2.24, 2.45) is 0 Å². The van der Waals surface area contributed by atoms with Gasteiger partial charge >= 0.3 is 6.09 Å². The number of hydrogen-bond donors (Lipinski definition) is 2. The molecule has 0 aliphatic heterocycles. The average Bonchev–Trinajstić information content (AvgIpc) is 2.48. The Balaban J connectivity index is 1.81. The van der Waals surface area contributed by atoms with Gasteiger partial charge in [0, 0.05) is 18.5 Å². The van der Waals surface area contributed by atoms with Gasteiger partial charge in [-0.3, -0.25) is 0 Å². The maximum Gasteiger partial charge on any atom is 0.404 e. The maximum atomic E-state index is 13.1. The van der Waals surface area contributed by atoms with E-state index >= 15 is 0 Å². The molecular weight excluding hydrogens is 301 g/mol. The number of benzene rings is 2. The van der Waals surface area contributed by atoms with Crippen LogP contribution in [0, 0.1) is 5.82 Å². The summed E-state index contributed by atoms with van der Waals surface area (Å²) in [6, 6.07) is 12.7. The fraction of sp³-hybridized carbons (Fsp3) is 0.235. The third-order valence-corrected chi connectivity index (χ3v) is 3.04. The molecule has 1 amide bonds. The van der Waals surface area contributed by atoms with Gasteiger partial charge in [0.05, 0.1) is 6.61 Å². The van der Waals surface area contributed by atoms with Gasteiger partial charge in [-0.05, 0) is 43.3 Å². The number of rotatable bonds is 7. The third-order valence-electron chi connectivity index (χ3n) is 3.04. The van der Waals surface area contributed by atoms with Crippen LogP contribution in [0.1, 0.15) is 13.3 Å². The Labute approximate surface area is 133 Å². The summed E-state index contributed by atoms with van der Waals surface area (Å²) in [5.74, 6) is 1.29. The van der Waals surface area contributed by atoms with Crippen LogP contribution in [0.4, 0.5) is 9.18 Å². The highest BCUT2D eigenvalue weighted by atomic mass is 19.1. The van der Waals surface area contributed by atoms with Crippen molar-refractivity contribution < 1.29 is 23.8 Å². The molecule has 0 aromatic heterocycles. The molecule has 0 bridgehead atoms. The molecule has 0 heterocycles. The molecule has 5 nitrogen and oxygen atoms in total. The van der Waals surface area contributed by atoms with Gasteiger partial charge in [-0.25, -0.2) is 9.18 Å². The number of halogens is 1. The standard InChI is InChI=1S/C17H18FNO4/c1-12(19-17(20)21)9-10-22-14-5-7-15(8-6-14)23-16-4-2-3-13(18)11-16/h2-8,11-12,19H,9-10H2,1H3,(H,20,21). The van der Waals surface area contributed by atoms with Gasteiger partial charge in [0.25, 0.3) is 0 Å². The summed E-state index contributed by atoms with van der Waals surface area (Å²) >= 11 is 0. The minimum Gasteiger partial charge on any atom is -0.494 e. The monoisotopic (exact) mass is 319 g/mol. The molecule has 2 rings (SSSR count). The molecule has 0 saturated carbocycles. The zero-order valence-corrected chi connectivity index (χ0v) is 12.7. The fourth-order valence-corrected chi connectivity index (χ4v) is 1.91. The predicted molar refractivity (Wildman–Crippen MR) is 83.7 cm³/mol. The quantitative estimate of drug-likeness (QED) is 0.808. The lowest BCUT2D eigenvalue weighted by Crippen LogP contribution is -2.32. The van der Waals surface area contributed by atoms with Gasteiger partial charge in [-0.15, -0.1) is 0 Å². The van der Waals surface area contributed by atoms with Crippen LogP contribution in [0.2, 0.25) is 0 Å². The van der Waals surface area contributed by atoms with Gasteiger partial charge in [0.1, 0.15) is 23.1 Å². The van der Waals surface area contributed by atoms with Crippen molar-refractivity contribution in [1.82, 2.24) is 5.32 Å². The van der Waals surface area contributed by atoms with Crippen molar-refractivity contribution >= 4 is 6.09 Å². The molecule has 0 saturated heterocycles. The molecule has 2 aromatic carbocycles. The topological polar surface area (TPSA) is 67.8 Å². The van der Waals surface area contributed by atoms with Crippen LogP contribution in [-0.2, 0) is 0 Å². The summed E-state index contributed by atoms with van der Waals surface area (Å²) in [5.41, 5.74) is 0.